The predicted molar refractivity (Wildman–Crippen MR) is 58.8 cm³/mol. The fourth-order valence-electron chi connectivity index (χ4n) is 2.07. The fourth-order valence-corrected chi connectivity index (χ4v) is 2.07. The van der Waals surface area contributed by atoms with E-state index in [1.807, 2.05) is 0 Å². The van der Waals surface area contributed by atoms with E-state index in [2.05, 4.69) is 32.6 Å². The zero-order valence-corrected chi connectivity index (χ0v) is 9.71. The first kappa shape index (κ1) is 11.0. The summed E-state index contributed by atoms with van der Waals surface area (Å²) in [5.41, 5.74) is 0. The molecule has 0 spiro atoms. The smallest absolute Gasteiger partial charge is 0.000957 e. The first-order valence-corrected chi connectivity index (χ1v) is 5.82. The van der Waals surface area contributed by atoms with Crippen molar-refractivity contribution in [1.29, 1.82) is 0 Å². The summed E-state index contributed by atoms with van der Waals surface area (Å²) >= 11 is 0. The molecule has 0 N–H and O–H groups in total. The van der Waals surface area contributed by atoms with Crippen molar-refractivity contribution in [3.8, 4) is 0 Å². The monoisotopic (exact) mass is 183 g/mol. The van der Waals surface area contributed by atoms with Gasteiger partial charge in [0.2, 0.25) is 0 Å². The lowest BCUT2D eigenvalue weighted by atomic mass is 9.94. The third-order valence-electron chi connectivity index (χ3n) is 3.43. The normalized spacial score (nSPS) is 27.9. The van der Waals surface area contributed by atoms with Gasteiger partial charge in [-0.15, -0.1) is 0 Å². The maximum absolute atomic E-state index is 2.65. The molecule has 0 saturated carbocycles. The minimum Gasteiger partial charge on any atom is -0.303 e. The van der Waals surface area contributed by atoms with Gasteiger partial charge in [0.15, 0.2) is 0 Å². The molecule has 1 saturated heterocycles. The molecular formula is C12H25N. The van der Waals surface area contributed by atoms with Crippen LogP contribution in [0.2, 0.25) is 0 Å². The van der Waals surface area contributed by atoms with Crippen molar-refractivity contribution in [2.24, 2.45) is 17.8 Å². The Bertz CT molecular complexity index is 142. The lowest BCUT2D eigenvalue weighted by Gasteiger charge is -2.33. The maximum atomic E-state index is 2.65. The van der Waals surface area contributed by atoms with Crippen LogP contribution in [0.5, 0.6) is 0 Å². The van der Waals surface area contributed by atoms with Crippen molar-refractivity contribution >= 4 is 0 Å². The molecule has 0 radical (unpaired) electrons. The number of hydrogen-bond acceptors (Lipinski definition) is 1. The van der Waals surface area contributed by atoms with Gasteiger partial charge in [-0.1, -0.05) is 27.7 Å². The summed E-state index contributed by atoms with van der Waals surface area (Å²) in [6, 6.07) is 0. The second kappa shape index (κ2) is 4.99. The molecule has 0 aromatic heterocycles. The molecule has 1 rings (SSSR count). The Labute approximate surface area is 83.5 Å². The van der Waals surface area contributed by atoms with Gasteiger partial charge in [-0.25, -0.2) is 0 Å². The molecule has 1 heteroatoms. The Balaban J connectivity index is 2.27. The van der Waals surface area contributed by atoms with Crippen LogP contribution in [0.3, 0.4) is 0 Å². The van der Waals surface area contributed by atoms with Gasteiger partial charge >= 0.3 is 0 Å². The largest absolute Gasteiger partial charge is 0.303 e. The maximum Gasteiger partial charge on any atom is 0.000957 e. The average Bonchev–Trinajstić information content (AvgIpc) is 2.04. The predicted octanol–water partition coefficient (Wildman–Crippen LogP) is 3.01. The van der Waals surface area contributed by atoms with Gasteiger partial charge in [-0.05, 0) is 37.1 Å². The third kappa shape index (κ3) is 3.68. The molecule has 13 heavy (non-hydrogen) atoms. The second-order valence-corrected chi connectivity index (χ2v) is 5.23. The van der Waals surface area contributed by atoms with Crippen LogP contribution in [0.25, 0.3) is 0 Å². The zero-order chi connectivity index (χ0) is 9.84. The molecule has 78 valence electrons. The molecule has 1 heterocycles. The van der Waals surface area contributed by atoms with Crippen LogP contribution in [0, 0.1) is 17.8 Å². The minimum absolute atomic E-state index is 0.831. The number of likely N-dealkylation sites (tertiary alicyclic amines) is 1. The van der Waals surface area contributed by atoms with E-state index < -0.39 is 0 Å². The molecule has 1 nitrogen and oxygen atoms in total. The van der Waals surface area contributed by atoms with E-state index in [-0.39, 0.29) is 0 Å². The number of rotatable bonds is 3. The van der Waals surface area contributed by atoms with E-state index in [0.717, 1.165) is 17.8 Å². The Kier molecular flexibility index (Phi) is 4.24. The van der Waals surface area contributed by atoms with Crippen molar-refractivity contribution in [3.05, 3.63) is 0 Å². The lowest BCUT2D eigenvalue weighted by Crippen LogP contribution is -2.38. The molecular weight excluding hydrogens is 158 g/mol. The van der Waals surface area contributed by atoms with Crippen molar-refractivity contribution in [2.45, 2.75) is 40.5 Å². The highest BCUT2D eigenvalue weighted by Gasteiger charge is 2.18. The summed E-state index contributed by atoms with van der Waals surface area (Å²) in [7, 11) is 0. The topological polar surface area (TPSA) is 3.24 Å². The van der Waals surface area contributed by atoms with Crippen LogP contribution in [0.4, 0.5) is 0 Å². The van der Waals surface area contributed by atoms with Crippen LogP contribution in [0.15, 0.2) is 0 Å². The molecule has 2 unspecified atom stereocenters. The SMILES string of the molecule is CC1CCCN(CC(C)C(C)C)C1. The fraction of sp³-hybridized carbons (Fsp3) is 1.00. The second-order valence-electron chi connectivity index (χ2n) is 5.23. The van der Waals surface area contributed by atoms with Crippen molar-refractivity contribution in [3.63, 3.8) is 0 Å². The van der Waals surface area contributed by atoms with Crippen LogP contribution >= 0.6 is 0 Å². The molecule has 1 aliphatic rings. The van der Waals surface area contributed by atoms with E-state index >= 15 is 0 Å². The molecule has 1 aliphatic heterocycles. The molecule has 2 atom stereocenters. The standard InChI is InChI=1S/C12H25N/c1-10(2)12(4)9-13-7-5-6-11(3)8-13/h10-12H,5-9H2,1-4H3. The van der Waals surface area contributed by atoms with E-state index in [9.17, 15) is 0 Å². The highest BCUT2D eigenvalue weighted by molar-refractivity contribution is 4.72. The van der Waals surface area contributed by atoms with Crippen molar-refractivity contribution in [2.75, 3.05) is 19.6 Å². The summed E-state index contributed by atoms with van der Waals surface area (Å²) in [5, 5.41) is 0. The summed E-state index contributed by atoms with van der Waals surface area (Å²) < 4.78 is 0. The lowest BCUT2D eigenvalue weighted by molar-refractivity contribution is 0.149. The zero-order valence-electron chi connectivity index (χ0n) is 9.71. The Morgan fingerprint density at radius 3 is 2.54 bits per heavy atom. The van der Waals surface area contributed by atoms with E-state index in [1.165, 1.54) is 32.5 Å². The van der Waals surface area contributed by atoms with Crippen LogP contribution in [-0.4, -0.2) is 24.5 Å². The summed E-state index contributed by atoms with van der Waals surface area (Å²) in [5.74, 6) is 2.61. The van der Waals surface area contributed by atoms with Crippen LogP contribution in [0.1, 0.15) is 40.5 Å². The molecule has 0 amide bonds. The third-order valence-corrected chi connectivity index (χ3v) is 3.43. The molecule has 0 aromatic rings. The molecule has 0 aromatic carbocycles. The average molecular weight is 183 g/mol. The Hall–Kier alpha value is -0.0400. The summed E-state index contributed by atoms with van der Waals surface area (Å²) in [6.07, 6.45) is 2.85. The molecule has 0 bridgehead atoms. The van der Waals surface area contributed by atoms with Gasteiger partial charge < -0.3 is 4.90 Å². The highest BCUT2D eigenvalue weighted by Crippen LogP contribution is 2.18. The summed E-state index contributed by atoms with van der Waals surface area (Å²) in [4.78, 5) is 2.65. The quantitative estimate of drug-likeness (QED) is 0.650. The first-order valence-electron chi connectivity index (χ1n) is 5.82. The Morgan fingerprint density at radius 1 is 1.31 bits per heavy atom. The Morgan fingerprint density at radius 2 is 2.00 bits per heavy atom. The van der Waals surface area contributed by atoms with Gasteiger partial charge in [0.25, 0.3) is 0 Å². The van der Waals surface area contributed by atoms with Crippen LogP contribution < -0.4 is 0 Å². The van der Waals surface area contributed by atoms with E-state index in [0.29, 0.717) is 0 Å². The van der Waals surface area contributed by atoms with Gasteiger partial charge in [0.05, 0.1) is 0 Å². The van der Waals surface area contributed by atoms with Crippen molar-refractivity contribution < 1.29 is 0 Å². The molecule has 1 fully saturated rings. The first-order chi connectivity index (χ1) is 6.09. The van der Waals surface area contributed by atoms with E-state index in [4.69, 9.17) is 0 Å². The highest BCUT2D eigenvalue weighted by atomic mass is 15.1. The number of hydrogen-bond donors (Lipinski definition) is 0. The minimum atomic E-state index is 0.831. The van der Waals surface area contributed by atoms with E-state index in [1.54, 1.807) is 0 Å². The van der Waals surface area contributed by atoms with Gasteiger partial charge in [-0.3, -0.25) is 0 Å². The number of nitrogens with zero attached hydrogens (tertiary/aromatic N) is 1. The van der Waals surface area contributed by atoms with Crippen LogP contribution in [-0.2, 0) is 0 Å². The van der Waals surface area contributed by atoms with Gasteiger partial charge in [0, 0.05) is 13.1 Å². The summed E-state index contributed by atoms with van der Waals surface area (Å²) in [6.45, 7) is 13.4. The van der Waals surface area contributed by atoms with Crippen molar-refractivity contribution in [1.82, 2.24) is 4.90 Å². The van der Waals surface area contributed by atoms with Gasteiger partial charge in [0.1, 0.15) is 0 Å². The number of piperidine rings is 1. The van der Waals surface area contributed by atoms with Gasteiger partial charge in [-0.2, -0.15) is 0 Å². The molecule has 0 aliphatic carbocycles.